The highest BCUT2D eigenvalue weighted by Crippen LogP contribution is 2.20. The van der Waals surface area contributed by atoms with Gasteiger partial charge in [0.2, 0.25) is 0 Å². The minimum absolute atomic E-state index is 0.00769. The first kappa shape index (κ1) is 15.9. The molecule has 0 fully saturated rings. The third-order valence-corrected chi connectivity index (χ3v) is 2.47. The number of hydrogen-bond donors (Lipinski definition) is 0. The van der Waals surface area contributed by atoms with Gasteiger partial charge in [-0.25, -0.2) is 0 Å². The molecule has 0 aromatic heterocycles. The molecule has 0 aromatic carbocycles. The SMILES string of the molecule is CN(CCCC(C)(C)C)CCOC(C)(C)C. The molecule has 0 saturated heterocycles. The summed E-state index contributed by atoms with van der Waals surface area (Å²) in [5.74, 6) is 0. The summed E-state index contributed by atoms with van der Waals surface area (Å²) < 4.78 is 5.71. The van der Waals surface area contributed by atoms with Crippen LogP contribution >= 0.6 is 0 Å². The summed E-state index contributed by atoms with van der Waals surface area (Å²) in [5.41, 5.74) is 0.453. The van der Waals surface area contributed by atoms with Crippen molar-refractivity contribution in [2.24, 2.45) is 5.41 Å². The molecule has 0 atom stereocenters. The van der Waals surface area contributed by atoms with E-state index < -0.39 is 0 Å². The minimum atomic E-state index is -0.00769. The number of likely N-dealkylation sites (N-methyl/N-ethyl adjacent to an activating group) is 1. The van der Waals surface area contributed by atoms with Crippen molar-refractivity contribution in [2.45, 2.75) is 60.0 Å². The zero-order valence-electron chi connectivity index (χ0n) is 12.4. The molecular formula is C14H31NO. The summed E-state index contributed by atoms with van der Waals surface area (Å²) in [5, 5.41) is 0. The largest absolute Gasteiger partial charge is 0.375 e. The molecule has 0 aliphatic heterocycles. The highest BCUT2D eigenvalue weighted by atomic mass is 16.5. The van der Waals surface area contributed by atoms with E-state index in [1.54, 1.807) is 0 Å². The molecule has 0 aliphatic carbocycles. The maximum Gasteiger partial charge on any atom is 0.0600 e. The van der Waals surface area contributed by atoms with Crippen LogP contribution in [0.3, 0.4) is 0 Å². The molecule has 0 aromatic rings. The fraction of sp³-hybridized carbons (Fsp3) is 1.00. The molecule has 0 N–H and O–H groups in total. The zero-order chi connectivity index (χ0) is 12.8. The van der Waals surface area contributed by atoms with Crippen LogP contribution in [0.4, 0.5) is 0 Å². The molecule has 16 heavy (non-hydrogen) atoms. The molecule has 0 bridgehead atoms. The molecule has 2 heteroatoms. The Kier molecular flexibility index (Phi) is 6.57. The Labute approximate surface area is 102 Å². The standard InChI is InChI=1S/C14H31NO/c1-13(2,3)9-8-10-15(7)11-12-16-14(4,5)6/h8-12H2,1-7H3. The van der Waals surface area contributed by atoms with Crippen LogP contribution in [0.15, 0.2) is 0 Å². The van der Waals surface area contributed by atoms with E-state index in [0.717, 1.165) is 13.2 Å². The average Bonchev–Trinajstić information content (AvgIpc) is 1.98. The van der Waals surface area contributed by atoms with Gasteiger partial charge in [0.15, 0.2) is 0 Å². The van der Waals surface area contributed by atoms with Crippen LogP contribution < -0.4 is 0 Å². The van der Waals surface area contributed by atoms with E-state index in [9.17, 15) is 0 Å². The van der Waals surface area contributed by atoms with E-state index in [1.165, 1.54) is 19.4 Å². The third-order valence-electron chi connectivity index (χ3n) is 2.47. The Hall–Kier alpha value is -0.0800. The van der Waals surface area contributed by atoms with Crippen molar-refractivity contribution in [3.05, 3.63) is 0 Å². The molecule has 0 radical (unpaired) electrons. The zero-order valence-corrected chi connectivity index (χ0v) is 12.4. The van der Waals surface area contributed by atoms with Crippen LogP contribution in [0, 0.1) is 5.41 Å². The Bertz CT molecular complexity index is 156. The van der Waals surface area contributed by atoms with Gasteiger partial charge >= 0.3 is 0 Å². The van der Waals surface area contributed by atoms with E-state index in [0.29, 0.717) is 5.41 Å². The van der Waals surface area contributed by atoms with E-state index in [4.69, 9.17) is 4.74 Å². The van der Waals surface area contributed by atoms with Crippen molar-refractivity contribution >= 4 is 0 Å². The molecule has 0 saturated carbocycles. The first-order valence-corrected chi connectivity index (χ1v) is 6.43. The van der Waals surface area contributed by atoms with Crippen molar-refractivity contribution < 1.29 is 4.74 Å². The first-order chi connectivity index (χ1) is 7.10. The number of ether oxygens (including phenoxy) is 1. The fourth-order valence-corrected chi connectivity index (χ4v) is 1.50. The number of rotatable bonds is 6. The number of hydrogen-bond acceptors (Lipinski definition) is 2. The van der Waals surface area contributed by atoms with Gasteiger partial charge in [0.05, 0.1) is 12.2 Å². The van der Waals surface area contributed by atoms with Crippen LogP contribution in [0.2, 0.25) is 0 Å². The van der Waals surface area contributed by atoms with E-state index in [1.807, 2.05) is 0 Å². The normalized spacial score (nSPS) is 13.5. The third kappa shape index (κ3) is 12.0. The molecular weight excluding hydrogens is 198 g/mol. The lowest BCUT2D eigenvalue weighted by Crippen LogP contribution is -2.29. The highest BCUT2D eigenvalue weighted by Gasteiger charge is 2.11. The molecule has 0 rings (SSSR count). The van der Waals surface area contributed by atoms with Crippen molar-refractivity contribution in [3.8, 4) is 0 Å². The monoisotopic (exact) mass is 229 g/mol. The first-order valence-electron chi connectivity index (χ1n) is 6.43. The Balaban J connectivity index is 3.49. The molecule has 0 spiro atoms. The molecule has 0 unspecified atom stereocenters. The van der Waals surface area contributed by atoms with E-state index in [-0.39, 0.29) is 5.60 Å². The van der Waals surface area contributed by atoms with E-state index in [2.05, 4.69) is 53.5 Å². The second-order valence-electron chi connectivity index (χ2n) is 6.93. The Morgan fingerprint density at radius 3 is 1.94 bits per heavy atom. The maximum atomic E-state index is 5.71. The van der Waals surface area contributed by atoms with Crippen molar-refractivity contribution in [1.29, 1.82) is 0 Å². The molecule has 98 valence electrons. The smallest absolute Gasteiger partial charge is 0.0600 e. The van der Waals surface area contributed by atoms with Gasteiger partial charge in [-0.15, -0.1) is 0 Å². The van der Waals surface area contributed by atoms with Gasteiger partial charge in [-0.3, -0.25) is 0 Å². The highest BCUT2D eigenvalue weighted by molar-refractivity contribution is 4.63. The Morgan fingerprint density at radius 2 is 1.50 bits per heavy atom. The summed E-state index contributed by atoms with van der Waals surface area (Å²) in [4.78, 5) is 2.36. The van der Waals surface area contributed by atoms with Gasteiger partial charge in [-0.1, -0.05) is 20.8 Å². The lowest BCUT2D eigenvalue weighted by atomic mass is 9.90. The van der Waals surface area contributed by atoms with Gasteiger partial charge < -0.3 is 9.64 Å². The predicted octanol–water partition coefficient (Wildman–Crippen LogP) is 3.56. The summed E-state index contributed by atoms with van der Waals surface area (Å²) in [7, 11) is 2.18. The van der Waals surface area contributed by atoms with Crippen LogP contribution in [0.1, 0.15) is 54.4 Å². The maximum absolute atomic E-state index is 5.71. The van der Waals surface area contributed by atoms with Crippen molar-refractivity contribution in [1.82, 2.24) is 4.90 Å². The lowest BCUT2D eigenvalue weighted by molar-refractivity contribution is -0.0109. The van der Waals surface area contributed by atoms with Crippen molar-refractivity contribution in [3.63, 3.8) is 0 Å². The minimum Gasteiger partial charge on any atom is -0.375 e. The fourth-order valence-electron chi connectivity index (χ4n) is 1.50. The van der Waals surface area contributed by atoms with Gasteiger partial charge in [0.25, 0.3) is 0 Å². The molecule has 0 heterocycles. The summed E-state index contributed by atoms with van der Waals surface area (Å²) in [6, 6.07) is 0. The summed E-state index contributed by atoms with van der Waals surface area (Å²) in [6.07, 6.45) is 2.56. The predicted molar refractivity (Wildman–Crippen MR) is 71.9 cm³/mol. The molecule has 0 amide bonds. The van der Waals surface area contributed by atoms with Crippen LogP contribution in [0.5, 0.6) is 0 Å². The number of nitrogens with zero attached hydrogens (tertiary/aromatic N) is 1. The van der Waals surface area contributed by atoms with Gasteiger partial charge in [0, 0.05) is 6.54 Å². The summed E-state index contributed by atoms with van der Waals surface area (Å²) >= 11 is 0. The molecule has 2 nitrogen and oxygen atoms in total. The topological polar surface area (TPSA) is 12.5 Å². The van der Waals surface area contributed by atoms with Crippen LogP contribution in [-0.4, -0.2) is 37.2 Å². The second-order valence-corrected chi connectivity index (χ2v) is 6.93. The van der Waals surface area contributed by atoms with Crippen LogP contribution in [0.25, 0.3) is 0 Å². The summed E-state index contributed by atoms with van der Waals surface area (Å²) in [6.45, 7) is 16.2. The lowest BCUT2D eigenvalue weighted by Gasteiger charge is -2.24. The van der Waals surface area contributed by atoms with Gasteiger partial charge in [-0.2, -0.15) is 0 Å². The Morgan fingerprint density at radius 1 is 0.938 bits per heavy atom. The second kappa shape index (κ2) is 6.61. The van der Waals surface area contributed by atoms with Gasteiger partial charge in [0.1, 0.15) is 0 Å². The van der Waals surface area contributed by atoms with E-state index >= 15 is 0 Å². The van der Waals surface area contributed by atoms with Gasteiger partial charge in [-0.05, 0) is 52.6 Å². The molecule has 0 aliphatic rings. The van der Waals surface area contributed by atoms with Crippen molar-refractivity contribution in [2.75, 3.05) is 26.7 Å². The van der Waals surface area contributed by atoms with Crippen LogP contribution in [-0.2, 0) is 4.74 Å². The quantitative estimate of drug-likeness (QED) is 0.690. The average molecular weight is 229 g/mol.